The van der Waals surface area contributed by atoms with Crippen molar-refractivity contribution in [2.24, 2.45) is 4.99 Å². The average Bonchev–Trinajstić information content (AvgIpc) is 2.48. The topological polar surface area (TPSA) is 74.5 Å². The van der Waals surface area contributed by atoms with Crippen LogP contribution in [-0.4, -0.2) is 24.6 Å². The van der Waals surface area contributed by atoms with Gasteiger partial charge in [0.25, 0.3) is 5.91 Å². The third-order valence-corrected chi connectivity index (χ3v) is 2.76. The third-order valence-electron chi connectivity index (χ3n) is 2.76. The zero-order chi connectivity index (χ0) is 16.4. The molecular weight excluding hydrogens is 278 g/mol. The molecule has 0 saturated carbocycles. The molecule has 1 aromatic carbocycles. The fourth-order valence-corrected chi connectivity index (χ4v) is 1.75. The van der Waals surface area contributed by atoms with Crippen LogP contribution in [0, 0.1) is 5.41 Å². The van der Waals surface area contributed by atoms with Crippen LogP contribution >= 0.6 is 0 Å². The first-order valence-electron chi connectivity index (χ1n) is 7.41. The summed E-state index contributed by atoms with van der Waals surface area (Å²) in [6.07, 6.45) is 5.06. The number of hydrogen-bond donors (Lipinski definition) is 2. The third kappa shape index (κ3) is 5.91. The highest BCUT2D eigenvalue weighted by Gasteiger charge is 2.10. The molecule has 5 nitrogen and oxygen atoms in total. The molecule has 118 valence electrons. The Morgan fingerprint density at radius 2 is 2.09 bits per heavy atom. The van der Waals surface area contributed by atoms with Gasteiger partial charge in [-0.3, -0.25) is 15.2 Å². The van der Waals surface area contributed by atoms with Crippen molar-refractivity contribution in [1.29, 1.82) is 5.41 Å². The minimum absolute atomic E-state index is 0.00985. The van der Waals surface area contributed by atoms with Crippen molar-refractivity contribution in [1.82, 2.24) is 5.32 Å². The van der Waals surface area contributed by atoms with Gasteiger partial charge in [0.2, 0.25) is 0 Å². The molecule has 0 aliphatic rings. The quantitative estimate of drug-likeness (QED) is 0.460. The molecule has 1 amide bonds. The predicted molar refractivity (Wildman–Crippen MR) is 89.7 cm³/mol. The Hall–Kier alpha value is -2.43. The molecule has 2 N–H and O–H groups in total. The number of nitrogens with one attached hydrogen (secondary N) is 2. The van der Waals surface area contributed by atoms with Gasteiger partial charge in [-0.05, 0) is 32.4 Å². The minimum Gasteiger partial charge on any atom is -0.493 e. The number of unbranched alkanes of at least 4 members (excludes halogenated alkanes) is 1. The van der Waals surface area contributed by atoms with Gasteiger partial charge in [-0.25, -0.2) is 0 Å². The lowest BCUT2D eigenvalue weighted by Gasteiger charge is -2.11. The molecule has 0 heterocycles. The van der Waals surface area contributed by atoms with Gasteiger partial charge in [0, 0.05) is 18.0 Å². The van der Waals surface area contributed by atoms with Gasteiger partial charge in [-0.1, -0.05) is 25.5 Å². The smallest absolute Gasteiger partial charge is 0.251 e. The highest BCUT2D eigenvalue weighted by atomic mass is 16.5. The van der Waals surface area contributed by atoms with E-state index in [9.17, 15) is 4.79 Å². The van der Waals surface area contributed by atoms with Crippen LogP contribution in [0.5, 0.6) is 5.75 Å². The van der Waals surface area contributed by atoms with Crippen molar-refractivity contribution in [3.8, 4) is 5.75 Å². The van der Waals surface area contributed by atoms with Crippen LogP contribution in [-0.2, 0) is 4.79 Å². The second-order valence-corrected chi connectivity index (χ2v) is 4.68. The maximum Gasteiger partial charge on any atom is 0.251 e. The number of nitrogens with zero attached hydrogens (tertiary/aromatic N) is 1. The number of ether oxygens (including phenoxy) is 1. The fourth-order valence-electron chi connectivity index (χ4n) is 1.75. The zero-order valence-electron chi connectivity index (χ0n) is 13.3. The average molecular weight is 301 g/mol. The zero-order valence-corrected chi connectivity index (χ0v) is 13.3. The SMILES string of the molecule is CCCC=N/C(C)=C/C(=O)NC(=N)c1ccccc1OCC. The molecule has 0 saturated heterocycles. The van der Waals surface area contributed by atoms with E-state index in [2.05, 4.69) is 17.2 Å². The molecule has 0 fully saturated rings. The van der Waals surface area contributed by atoms with Gasteiger partial charge < -0.3 is 10.1 Å². The van der Waals surface area contributed by atoms with E-state index in [0.29, 0.717) is 23.6 Å². The number of rotatable bonds is 7. The van der Waals surface area contributed by atoms with E-state index < -0.39 is 0 Å². The van der Waals surface area contributed by atoms with Crippen LogP contribution in [0.1, 0.15) is 39.2 Å². The highest BCUT2D eigenvalue weighted by molar-refractivity contribution is 6.10. The van der Waals surface area contributed by atoms with Crippen LogP contribution in [0.2, 0.25) is 0 Å². The second-order valence-electron chi connectivity index (χ2n) is 4.68. The number of para-hydroxylation sites is 1. The molecule has 22 heavy (non-hydrogen) atoms. The largest absolute Gasteiger partial charge is 0.493 e. The van der Waals surface area contributed by atoms with Crippen molar-refractivity contribution >= 4 is 18.0 Å². The van der Waals surface area contributed by atoms with Gasteiger partial charge in [-0.15, -0.1) is 0 Å². The first-order valence-corrected chi connectivity index (χ1v) is 7.41. The minimum atomic E-state index is -0.373. The Bertz CT molecular complexity index is 577. The van der Waals surface area contributed by atoms with E-state index in [1.54, 1.807) is 31.3 Å². The summed E-state index contributed by atoms with van der Waals surface area (Å²) >= 11 is 0. The number of allylic oxidation sites excluding steroid dienone is 1. The van der Waals surface area contributed by atoms with Crippen LogP contribution in [0.15, 0.2) is 41.0 Å². The molecule has 0 bridgehead atoms. The molecule has 0 spiro atoms. The van der Waals surface area contributed by atoms with Crippen molar-refractivity contribution in [3.63, 3.8) is 0 Å². The number of amidine groups is 1. The molecule has 0 aliphatic heterocycles. The number of carbonyl (C=O) groups excluding carboxylic acids is 1. The molecule has 0 atom stereocenters. The van der Waals surface area contributed by atoms with E-state index in [1.807, 2.05) is 13.0 Å². The first-order chi connectivity index (χ1) is 10.6. The standard InChI is InChI=1S/C17H23N3O2/c1-4-6-11-19-13(3)12-16(21)20-17(18)14-9-7-8-10-15(14)22-5-2/h7-12H,4-6H2,1-3H3,(H2,18,20,21)/b13-12+,19-11?. The maximum absolute atomic E-state index is 11.9. The van der Waals surface area contributed by atoms with Crippen LogP contribution < -0.4 is 10.1 Å². The molecule has 1 aromatic rings. The van der Waals surface area contributed by atoms with Gasteiger partial charge in [-0.2, -0.15) is 0 Å². The van der Waals surface area contributed by atoms with Gasteiger partial charge in [0.1, 0.15) is 11.6 Å². The molecule has 0 unspecified atom stereocenters. The van der Waals surface area contributed by atoms with Gasteiger partial charge in [0.05, 0.1) is 12.2 Å². The lowest BCUT2D eigenvalue weighted by atomic mass is 10.2. The predicted octanol–water partition coefficient (Wildman–Crippen LogP) is 3.30. The maximum atomic E-state index is 11.9. The first kappa shape index (κ1) is 17.6. The van der Waals surface area contributed by atoms with Crippen LogP contribution in [0.3, 0.4) is 0 Å². The molecule has 1 rings (SSSR count). The Balaban J connectivity index is 2.72. The number of aliphatic imine (C=N–C) groups is 1. The van der Waals surface area contributed by atoms with E-state index in [1.165, 1.54) is 6.08 Å². The molecular formula is C17H23N3O2. The van der Waals surface area contributed by atoms with E-state index in [-0.39, 0.29) is 11.7 Å². The normalized spacial score (nSPS) is 11.5. The van der Waals surface area contributed by atoms with Gasteiger partial charge in [0.15, 0.2) is 0 Å². The molecule has 0 radical (unpaired) electrons. The Kier molecular flexibility index (Phi) is 7.61. The summed E-state index contributed by atoms with van der Waals surface area (Å²) in [6, 6.07) is 7.14. The summed E-state index contributed by atoms with van der Waals surface area (Å²) in [4.78, 5) is 16.1. The van der Waals surface area contributed by atoms with Crippen molar-refractivity contribution < 1.29 is 9.53 Å². The van der Waals surface area contributed by atoms with Crippen LogP contribution in [0.4, 0.5) is 0 Å². The summed E-state index contributed by atoms with van der Waals surface area (Å²) in [5.74, 6) is 0.218. The lowest BCUT2D eigenvalue weighted by Crippen LogP contribution is -2.29. The number of hydrogen-bond acceptors (Lipinski definition) is 4. The second kappa shape index (κ2) is 9.50. The number of benzene rings is 1. The lowest BCUT2D eigenvalue weighted by molar-refractivity contribution is -0.115. The summed E-state index contributed by atoms with van der Waals surface area (Å²) in [5.41, 5.74) is 1.16. The van der Waals surface area contributed by atoms with E-state index >= 15 is 0 Å². The van der Waals surface area contributed by atoms with E-state index in [4.69, 9.17) is 10.1 Å². The summed E-state index contributed by atoms with van der Waals surface area (Å²) in [6.45, 7) is 6.20. The van der Waals surface area contributed by atoms with Crippen molar-refractivity contribution in [2.75, 3.05) is 6.61 Å². The number of carbonyl (C=O) groups is 1. The highest BCUT2D eigenvalue weighted by Crippen LogP contribution is 2.17. The Labute approximate surface area is 131 Å². The van der Waals surface area contributed by atoms with Crippen LogP contribution in [0.25, 0.3) is 0 Å². The summed E-state index contributed by atoms with van der Waals surface area (Å²) < 4.78 is 5.46. The molecule has 5 heteroatoms. The van der Waals surface area contributed by atoms with Crippen molar-refractivity contribution in [2.45, 2.75) is 33.6 Å². The van der Waals surface area contributed by atoms with E-state index in [0.717, 1.165) is 12.8 Å². The Morgan fingerprint density at radius 3 is 2.77 bits per heavy atom. The molecule has 0 aromatic heterocycles. The fraction of sp³-hybridized carbons (Fsp3) is 0.353. The Morgan fingerprint density at radius 1 is 1.36 bits per heavy atom. The number of amides is 1. The summed E-state index contributed by atoms with van der Waals surface area (Å²) in [5, 5.41) is 10.5. The molecule has 0 aliphatic carbocycles. The monoisotopic (exact) mass is 301 g/mol. The van der Waals surface area contributed by atoms with Gasteiger partial charge >= 0.3 is 0 Å². The van der Waals surface area contributed by atoms with Crippen molar-refractivity contribution in [3.05, 3.63) is 41.6 Å². The summed E-state index contributed by atoms with van der Waals surface area (Å²) in [7, 11) is 0.